The van der Waals surface area contributed by atoms with E-state index in [0.717, 1.165) is 82.0 Å². The van der Waals surface area contributed by atoms with Crippen LogP contribution in [0.2, 0.25) is 0 Å². The molecule has 8 aromatic carbocycles. The Morgan fingerprint density at radius 3 is 1.81 bits per heavy atom. The molecule has 1 N–H and O–H groups in total. The second-order valence-corrected chi connectivity index (χ2v) is 14.2. The van der Waals surface area contributed by atoms with Gasteiger partial charge < -0.3 is 10.1 Å². The Morgan fingerprint density at radius 2 is 1.04 bits per heavy atom. The van der Waals surface area contributed by atoms with Crippen LogP contribution in [0.15, 0.2) is 176 Å². The van der Waals surface area contributed by atoms with Crippen LogP contribution < -0.4 is 14.5 Å². The van der Waals surface area contributed by atoms with Gasteiger partial charge in [-0.15, -0.1) is 0 Å². The van der Waals surface area contributed by atoms with E-state index in [-0.39, 0.29) is 6.23 Å². The Morgan fingerprint density at radius 1 is 0.463 bits per heavy atom. The van der Waals surface area contributed by atoms with Crippen LogP contribution in [0.5, 0.6) is 5.75 Å². The van der Waals surface area contributed by atoms with Crippen molar-refractivity contribution in [3.05, 3.63) is 181 Å². The van der Waals surface area contributed by atoms with E-state index in [1.165, 1.54) is 0 Å². The first kappa shape index (κ1) is 32.1. The number of fused-ring (bicyclic) bond motifs is 5. The number of aromatic nitrogens is 3. The summed E-state index contributed by atoms with van der Waals surface area (Å²) in [6, 6.07) is 60.7. The molecular weight excluding hydrogens is 728 g/mol. The van der Waals surface area contributed by atoms with Gasteiger partial charge in [-0.3, -0.25) is 0 Å². The summed E-state index contributed by atoms with van der Waals surface area (Å²) in [5, 5.41) is 8.28. The van der Waals surface area contributed by atoms with Gasteiger partial charge in [-0.05, 0) is 6.07 Å². The number of hydrogen-bond acceptors (Lipinski definition) is 5. The summed E-state index contributed by atoms with van der Waals surface area (Å²) in [5.74, 6) is 2.69. The van der Waals surface area contributed by atoms with Crippen LogP contribution >= 0.6 is 0 Å². The van der Waals surface area contributed by atoms with Crippen molar-refractivity contribution in [2.45, 2.75) is 6.23 Å². The van der Waals surface area contributed by atoms with Gasteiger partial charge in [0.05, 0.1) is 0 Å². The Balaban J connectivity index is 1.13. The molecule has 0 saturated carbocycles. The van der Waals surface area contributed by atoms with Gasteiger partial charge >= 0.3 is 246 Å². The first-order valence-electron chi connectivity index (χ1n) is 17.9. The van der Waals surface area contributed by atoms with E-state index in [1.54, 1.807) is 0 Å². The standard InChI is InChI=1S/C48H31N4OSe/c54-44-37(30-13-4-1-5-14-30)21-12-22-39(44)47-51-45(33-15-6-2-7-16-33)50-46(52-47)38-20-11-10-19-36(38)35-26-24-31-23-25-32-27-28-41-43(42(32)40(31)29-35)49-48(53-41)34-17-8-3-9-18-34/h1-29,48-49H. The molecule has 5 nitrogen and oxygen atoms in total. The average Bonchev–Trinajstić information content (AvgIpc) is 3.69. The van der Waals surface area contributed by atoms with Crippen molar-refractivity contribution in [2.24, 2.45) is 0 Å². The van der Waals surface area contributed by atoms with E-state index < -0.39 is 0 Å². The fourth-order valence-corrected chi connectivity index (χ4v) is 8.15. The molecule has 1 unspecified atom stereocenters. The minimum atomic E-state index is -0.252. The van der Waals surface area contributed by atoms with Crippen LogP contribution in [0.3, 0.4) is 0 Å². The van der Waals surface area contributed by atoms with Gasteiger partial charge in [-0.1, -0.05) is 42.5 Å². The SMILES string of the molecule is [Se]c1c(-c2ccccc2)cccc1-c1nc(-c2ccccc2)nc(-c2ccccc2-c2ccc3ccc4ccc5c(c4c3c2)NC(c2ccccc2)O5)n1. The molecule has 0 amide bonds. The van der Waals surface area contributed by atoms with E-state index in [0.29, 0.717) is 17.5 Å². The van der Waals surface area contributed by atoms with Crippen molar-refractivity contribution in [3.8, 4) is 62.2 Å². The fraction of sp³-hybridized carbons (Fsp3) is 0.0208. The van der Waals surface area contributed by atoms with Crippen LogP contribution in [-0.2, 0) is 0 Å². The summed E-state index contributed by atoms with van der Waals surface area (Å²) in [7, 11) is 0. The quantitative estimate of drug-likeness (QED) is 0.135. The van der Waals surface area contributed by atoms with Crippen LogP contribution in [0.25, 0.3) is 78.0 Å². The zero-order valence-electron chi connectivity index (χ0n) is 29.0. The number of ether oxygens (including phenoxy) is 1. The number of nitrogens with one attached hydrogen (secondary N) is 1. The molecule has 6 heteroatoms. The maximum atomic E-state index is 6.44. The molecule has 0 spiro atoms. The molecule has 10 rings (SSSR count). The van der Waals surface area contributed by atoms with Gasteiger partial charge in [0.2, 0.25) is 0 Å². The molecule has 255 valence electrons. The van der Waals surface area contributed by atoms with Crippen molar-refractivity contribution >= 4 is 47.7 Å². The topological polar surface area (TPSA) is 59.9 Å². The third-order valence-electron chi connectivity index (χ3n) is 10.1. The zero-order chi connectivity index (χ0) is 36.0. The summed E-state index contributed by atoms with van der Waals surface area (Å²) in [6.07, 6.45) is -0.252. The molecule has 54 heavy (non-hydrogen) atoms. The predicted octanol–water partition coefficient (Wildman–Crippen LogP) is 10.8. The Kier molecular flexibility index (Phi) is 7.98. The molecule has 0 aliphatic carbocycles. The van der Waals surface area contributed by atoms with Crippen molar-refractivity contribution in [1.29, 1.82) is 0 Å². The van der Waals surface area contributed by atoms with Gasteiger partial charge in [0.25, 0.3) is 0 Å². The normalized spacial score (nSPS) is 13.4. The Hall–Kier alpha value is -6.59. The molecule has 2 heterocycles. The third kappa shape index (κ3) is 5.69. The second kappa shape index (κ2) is 13.4. The van der Waals surface area contributed by atoms with Crippen LogP contribution in [0, 0.1) is 0 Å². The number of rotatable bonds is 6. The molecule has 1 radical (unpaired) electrons. The summed E-state index contributed by atoms with van der Waals surface area (Å²) in [4.78, 5) is 15.4. The molecule has 1 atom stereocenters. The molecule has 1 aromatic heterocycles. The maximum absolute atomic E-state index is 6.44. The van der Waals surface area contributed by atoms with E-state index in [4.69, 9.17) is 19.7 Å². The van der Waals surface area contributed by atoms with Crippen molar-refractivity contribution in [3.63, 3.8) is 0 Å². The fourth-order valence-electron chi connectivity index (χ4n) is 7.42. The van der Waals surface area contributed by atoms with Gasteiger partial charge in [-0.2, -0.15) is 0 Å². The van der Waals surface area contributed by atoms with Crippen LogP contribution in [-0.4, -0.2) is 31.0 Å². The van der Waals surface area contributed by atoms with Crippen molar-refractivity contribution in [2.75, 3.05) is 5.32 Å². The molecule has 0 bridgehead atoms. The summed E-state index contributed by atoms with van der Waals surface area (Å²) < 4.78 is 7.44. The summed E-state index contributed by atoms with van der Waals surface area (Å²) in [6.45, 7) is 0. The van der Waals surface area contributed by atoms with Gasteiger partial charge in [0.15, 0.2) is 6.23 Å². The number of nitrogens with zero attached hydrogens (tertiary/aromatic N) is 3. The molecule has 1 aliphatic rings. The minimum absolute atomic E-state index is 0.252. The first-order chi connectivity index (χ1) is 26.7. The van der Waals surface area contributed by atoms with Crippen molar-refractivity contribution < 1.29 is 4.74 Å². The average molecular weight is 759 g/mol. The van der Waals surface area contributed by atoms with Gasteiger partial charge in [-0.25, -0.2) is 0 Å². The monoisotopic (exact) mass is 759 g/mol. The van der Waals surface area contributed by atoms with Crippen molar-refractivity contribution in [1.82, 2.24) is 15.0 Å². The van der Waals surface area contributed by atoms with E-state index >= 15 is 0 Å². The first-order valence-corrected chi connectivity index (χ1v) is 18.8. The Bertz CT molecular complexity index is 2850. The van der Waals surface area contributed by atoms with E-state index in [2.05, 4.69) is 137 Å². The van der Waals surface area contributed by atoms with Crippen LogP contribution in [0.1, 0.15) is 11.8 Å². The van der Waals surface area contributed by atoms with Gasteiger partial charge in [0.1, 0.15) is 5.75 Å². The summed E-state index contributed by atoms with van der Waals surface area (Å²) in [5.41, 5.74) is 9.20. The molecule has 0 fully saturated rings. The molecule has 9 aromatic rings. The number of benzene rings is 8. The zero-order valence-corrected chi connectivity index (χ0v) is 30.7. The molecule has 0 saturated heterocycles. The number of hydrogen-bond donors (Lipinski definition) is 1. The van der Waals surface area contributed by atoms with E-state index in [1.807, 2.05) is 60.7 Å². The van der Waals surface area contributed by atoms with Gasteiger partial charge in [0, 0.05) is 5.56 Å². The van der Waals surface area contributed by atoms with Crippen LogP contribution in [0.4, 0.5) is 5.69 Å². The summed E-state index contributed by atoms with van der Waals surface area (Å²) >= 11 is 3.34. The third-order valence-corrected chi connectivity index (χ3v) is 11.0. The second-order valence-electron chi connectivity index (χ2n) is 13.4. The number of anilines is 1. The Labute approximate surface area is 321 Å². The molecule has 1 aliphatic heterocycles. The van der Waals surface area contributed by atoms with E-state index in [9.17, 15) is 0 Å². The molecular formula is C48H31N4OSe. The predicted molar refractivity (Wildman–Crippen MR) is 221 cm³/mol.